The lowest BCUT2D eigenvalue weighted by molar-refractivity contribution is 0.186. The number of likely N-dealkylation sites (tertiary alicyclic amines) is 1. The molecule has 2 amide bonds. The fourth-order valence-corrected chi connectivity index (χ4v) is 3.99. The van der Waals surface area contributed by atoms with Crippen LogP contribution in [0.1, 0.15) is 30.9 Å². The molecule has 1 saturated heterocycles. The fraction of sp³-hybridized carbons (Fsp3) is 0.333. The van der Waals surface area contributed by atoms with Crippen LogP contribution in [-0.4, -0.2) is 41.7 Å². The zero-order chi connectivity index (χ0) is 23.6. The molecule has 0 unspecified atom stereocenters. The van der Waals surface area contributed by atoms with E-state index in [0.29, 0.717) is 30.5 Å². The fourth-order valence-electron chi connectivity index (χ4n) is 3.99. The lowest BCUT2D eigenvalue weighted by Crippen LogP contribution is -2.47. The maximum Gasteiger partial charge on any atom is 0.315 e. The zero-order valence-electron chi connectivity index (χ0n) is 19.6. The van der Waals surface area contributed by atoms with Crippen molar-refractivity contribution >= 4 is 6.03 Å². The third kappa shape index (κ3) is 6.96. The summed E-state index contributed by atoms with van der Waals surface area (Å²) < 4.78 is 11.4. The molecule has 7 heteroatoms. The quantitative estimate of drug-likeness (QED) is 0.483. The number of amides is 2. The number of carbonyl (C=O) groups excluding carboxylic acids is 1. The van der Waals surface area contributed by atoms with Gasteiger partial charge in [-0.3, -0.25) is 4.90 Å². The number of carbonyl (C=O) groups is 1. The number of hydrogen-bond acceptors (Lipinski definition) is 5. The molecule has 7 nitrogen and oxygen atoms in total. The molecule has 0 atom stereocenters. The minimum absolute atomic E-state index is 0.146. The van der Waals surface area contributed by atoms with E-state index >= 15 is 0 Å². The predicted molar refractivity (Wildman–Crippen MR) is 132 cm³/mol. The molecule has 0 radical (unpaired) electrons. The normalized spacial score (nSPS) is 14.4. The van der Waals surface area contributed by atoms with Gasteiger partial charge in [0.1, 0.15) is 0 Å². The van der Waals surface area contributed by atoms with Crippen molar-refractivity contribution in [1.29, 1.82) is 0 Å². The Morgan fingerprint density at radius 2 is 1.71 bits per heavy atom. The van der Waals surface area contributed by atoms with E-state index in [0.717, 1.165) is 38.0 Å². The maximum atomic E-state index is 12.4. The van der Waals surface area contributed by atoms with E-state index in [1.807, 2.05) is 43.3 Å². The minimum Gasteiger partial charge on any atom is -0.490 e. The third-order valence-electron chi connectivity index (χ3n) is 5.79. The van der Waals surface area contributed by atoms with Crippen molar-refractivity contribution in [3.63, 3.8) is 0 Å². The van der Waals surface area contributed by atoms with Crippen LogP contribution in [0.2, 0.25) is 0 Å². The number of nitrogens with zero attached hydrogens (tertiary/aromatic N) is 2. The maximum absolute atomic E-state index is 12.4. The molecule has 0 spiro atoms. The first kappa shape index (κ1) is 23.6. The molecule has 0 bridgehead atoms. The molecule has 4 rings (SSSR count). The van der Waals surface area contributed by atoms with Crippen LogP contribution in [-0.2, 0) is 13.1 Å². The topological polar surface area (TPSA) is 75.7 Å². The van der Waals surface area contributed by atoms with Crippen molar-refractivity contribution < 1.29 is 14.3 Å². The van der Waals surface area contributed by atoms with E-state index in [2.05, 4.69) is 44.8 Å². The Morgan fingerprint density at radius 1 is 0.971 bits per heavy atom. The molecule has 0 saturated carbocycles. The van der Waals surface area contributed by atoms with Crippen LogP contribution < -0.4 is 20.1 Å². The van der Waals surface area contributed by atoms with Crippen molar-refractivity contribution in [1.82, 2.24) is 20.5 Å². The van der Waals surface area contributed by atoms with Gasteiger partial charge in [-0.2, -0.15) is 0 Å². The number of nitrogens with one attached hydrogen (secondary N) is 2. The highest BCUT2D eigenvalue weighted by atomic mass is 16.5. The molecular weight excluding hydrogens is 428 g/mol. The Kier molecular flexibility index (Phi) is 8.35. The monoisotopic (exact) mass is 460 g/mol. The lowest BCUT2D eigenvalue weighted by atomic mass is 10.0. The zero-order valence-corrected chi connectivity index (χ0v) is 19.6. The van der Waals surface area contributed by atoms with Crippen LogP contribution in [0.5, 0.6) is 17.4 Å². The summed E-state index contributed by atoms with van der Waals surface area (Å²) in [4.78, 5) is 19.2. The number of urea groups is 1. The van der Waals surface area contributed by atoms with Crippen LogP contribution in [0.4, 0.5) is 4.79 Å². The van der Waals surface area contributed by atoms with Gasteiger partial charge in [0.2, 0.25) is 5.88 Å². The van der Waals surface area contributed by atoms with Crippen LogP contribution in [0.3, 0.4) is 0 Å². The minimum atomic E-state index is -0.146. The first-order valence-electron chi connectivity index (χ1n) is 11.8. The van der Waals surface area contributed by atoms with Gasteiger partial charge in [0, 0.05) is 44.5 Å². The van der Waals surface area contributed by atoms with Gasteiger partial charge >= 0.3 is 6.03 Å². The Hall–Kier alpha value is -3.58. The molecule has 1 aromatic heterocycles. The largest absolute Gasteiger partial charge is 0.490 e. The van der Waals surface area contributed by atoms with Gasteiger partial charge in [0.15, 0.2) is 11.5 Å². The van der Waals surface area contributed by atoms with E-state index in [9.17, 15) is 4.79 Å². The summed E-state index contributed by atoms with van der Waals surface area (Å²) in [7, 11) is 0. The second-order valence-electron chi connectivity index (χ2n) is 8.35. The number of para-hydroxylation sites is 2. The van der Waals surface area contributed by atoms with Gasteiger partial charge in [-0.25, -0.2) is 9.78 Å². The summed E-state index contributed by atoms with van der Waals surface area (Å²) in [6.07, 6.45) is 3.62. The van der Waals surface area contributed by atoms with E-state index < -0.39 is 0 Å². The molecule has 1 aliphatic heterocycles. The number of pyridine rings is 1. The van der Waals surface area contributed by atoms with Crippen molar-refractivity contribution in [2.45, 2.75) is 38.9 Å². The van der Waals surface area contributed by atoms with Crippen LogP contribution in [0.25, 0.3) is 0 Å². The molecule has 34 heavy (non-hydrogen) atoms. The number of piperidine rings is 1. The highest BCUT2D eigenvalue weighted by Crippen LogP contribution is 2.30. The highest BCUT2D eigenvalue weighted by Gasteiger charge is 2.20. The van der Waals surface area contributed by atoms with Crippen molar-refractivity contribution in [2.75, 3.05) is 19.7 Å². The first-order chi connectivity index (χ1) is 16.7. The average molecular weight is 461 g/mol. The second-order valence-corrected chi connectivity index (χ2v) is 8.35. The molecule has 2 heterocycles. The van der Waals surface area contributed by atoms with Crippen molar-refractivity contribution in [2.24, 2.45) is 0 Å². The van der Waals surface area contributed by atoms with Gasteiger partial charge < -0.3 is 20.1 Å². The molecular formula is C27H32N4O3. The summed E-state index contributed by atoms with van der Waals surface area (Å²) in [5.74, 6) is 1.78. The number of benzene rings is 2. The molecule has 1 aliphatic rings. The van der Waals surface area contributed by atoms with Gasteiger partial charge in [-0.1, -0.05) is 48.5 Å². The molecule has 0 aliphatic carbocycles. The second kappa shape index (κ2) is 12.0. The molecule has 1 fully saturated rings. The number of rotatable bonds is 9. The average Bonchev–Trinajstić information content (AvgIpc) is 2.87. The Labute approximate surface area is 201 Å². The number of ether oxygens (including phenoxy) is 2. The summed E-state index contributed by atoms with van der Waals surface area (Å²) in [5.41, 5.74) is 2.23. The van der Waals surface area contributed by atoms with Crippen LogP contribution in [0, 0.1) is 0 Å². The van der Waals surface area contributed by atoms with Crippen molar-refractivity contribution in [3.8, 4) is 17.4 Å². The standard InChI is InChI=1S/C27H32N4O3/c1-2-33-24-10-6-7-11-25(24)34-26-13-12-22(18-28-26)19-29-27(32)30-23-14-16-31(17-15-23)20-21-8-4-3-5-9-21/h3-13,18,23H,2,14-17,19-20H2,1H3,(H2,29,30,32). The molecule has 2 aromatic carbocycles. The smallest absolute Gasteiger partial charge is 0.315 e. The van der Waals surface area contributed by atoms with E-state index in [1.165, 1.54) is 5.56 Å². The van der Waals surface area contributed by atoms with Gasteiger partial charge in [-0.05, 0) is 43.0 Å². The Bertz CT molecular complexity index is 1040. The van der Waals surface area contributed by atoms with E-state index in [1.54, 1.807) is 12.3 Å². The Balaban J connectivity index is 1.18. The molecule has 3 aromatic rings. The molecule has 178 valence electrons. The SMILES string of the molecule is CCOc1ccccc1Oc1ccc(CNC(=O)NC2CCN(Cc3ccccc3)CC2)cn1. The summed E-state index contributed by atoms with van der Waals surface area (Å²) in [6.45, 7) is 5.83. The Morgan fingerprint density at radius 3 is 2.41 bits per heavy atom. The van der Waals surface area contributed by atoms with Crippen LogP contribution >= 0.6 is 0 Å². The van der Waals surface area contributed by atoms with E-state index in [-0.39, 0.29) is 12.1 Å². The van der Waals surface area contributed by atoms with Gasteiger partial charge in [0.25, 0.3) is 0 Å². The van der Waals surface area contributed by atoms with Gasteiger partial charge in [-0.15, -0.1) is 0 Å². The number of hydrogen-bond donors (Lipinski definition) is 2. The molecule has 2 N–H and O–H groups in total. The summed E-state index contributed by atoms with van der Waals surface area (Å²) in [5, 5.41) is 6.03. The van der Waals surface area contributed by atoms with E-state index in [4.69, 9.17) is 9.47 Å². The van der Waals surface area contributed by atoms with Gasteiger partial charge in [0.05, 0.1) is 6.61 Å². The first-order valence-corrected chi connectivity index (χ1v) is 11.8. The third-order valence-corrected chi connectivity index (χ3v) is 5.79. The van der Waals surface area contributed by atoms with Crippen molar-refractivity contribution in [3.05, 3.63) is 84.1 Å². The number of aromatic nitrogens is 1. The summed E-state index contributed by atoms with van der Waals surface area (Å²) in [6, 6.07) is 21.8. The highest BCUT2D eigenvalue weighted by molar-refractivity contribution is 5.74. The predicted octanol–water partition coefficient (Wildman–Crippen LogP) is 4.74. The lowest BCUT2D eigenvalue weighted by Gasteiger charge is -2.32. The van der Waals surface area contributed by atoms with Crippen LogP contribution in [0.15, 0.2) is 72.9 Å². The summed E-state index contributed by atoms with van der Waals surface area (Å²) >= 11 is 0.